The van der Waals surface area contributed by atoms with E-state index in [1.54, 1.807) is 0 Å². The van der Waals surface area contributed by atoms with Crippen molar-refractivity contribution in [1.82, 2.24) is 58.1 Å². The second kappa shape index (κ2) is 52.7. The number of aliphatic hydroxyl groups excluding tert-OH is 1. The molecule has 1 saturated heterocycles. The maximum absolute atomic E-state index is 14.8. The molecule has 0 spiro atoms. The Balaban J connectivity index is 3.88. The third kappa shape index (κ3) is 40.1. The number of amides is 13. The summed E-state index contributed by atoms with van der Waals surface area (Å²) in [6.07, 6.45) is -2.46. The molecule has 13 amide bonds. The molecule has 0 saturated carbocycles. The van der Waals surface area contributed by atoms with Gasteiger partial charge in [0.1, 0.15) is 72.5 Å². The van der Waals surface area contributed by atoms with Crippen LogP contribution in [-0.4, -0.2) is 259 Å². The molecule has 622 valence electrons. The first-order valence-corrected chi connectivity index (χ1v) is 36.1. The van der Waals surface area contributed by atoms with E-state index in [0.29, 0.717) is 19.3 Å². The van der Waals surface area contributed by atoms with Crippen LogP contribution in [0.1, 0.15) is 149 Å². The molecular formula is C63H119N31O16. The van der Waals surface area contributed by atoms with Crippen LogP contribution >= 0.6 is 0 Å². The summed E-state index contributed by atoms with van der Waals surface area (Å²) >= 11 is 0. The zero-order chi connectivity index (χ0) is 83.2. The van der Waals surface area contributed by atoms with Crippen molar-refractivity contribution in [2.24, 2.45) is 111 Å². The van der Waals surface area contributed by atoms with Gasteiger partial charge in [0.25, 0.3) is 0 Å². The summed E-state index contributed by atoms with van der Waals surface area (Å²) in [6, 6.07) is -18.1. The van der Waals surface area contributed by atoms with Gasteiger partial charge in [0, 0.05) is 45.7 Å². The highest BCUT2D eigenvalue weighted by molar-refractivity contribution is 6.00. The van der Waals surface area contributed by atoms with E-state index in [1.807, 2.05) is 0 Å². The highest BCUT2D eigenvalue weighted by Gasteiger charge is 2.40. The van der Waals surface area contributed by atoms with E-state index >= 15 is 0 Å². The maximum atomic E-state index is 14.8. The predicted octanol–water partition coefficient (Wildman–Crippen LogP) is -12.7. The highest BCUT2D eigenvalue weighted by atomic mass is 16.4. The average molecular weight is 1570 g/mol. The van der Waals surface area contributed by atoms with E-state index in [9.17, 15) is 77.3 Å². The lowest BCUT2D eigenvalue weighted by Crippen LogP contribution is -2.60. The Morgan fingerprint density at radius 3 is 0.936 bits per heavy atom. The molecule has 42 N–H and O–H groups in total. The molecule has 0 aromatic heterocycles. The summed E-state index contributed by atoms with van der Waals surface area (Å²) in [5.41, 5.74) is 83.7. The lowest BCUT2D eigenvalue weighted by Gasteiger charge is -2.29. The minimum atomic E-state index is -1.80. The number of hydrogen-bond acceptors (Lipinski definition) is 23. The number of carbonyl (C=O) groups is 14. The molecule has 47 heteroatoms. The third-order valence-electron chi connectivity index (χ3n) is 16.8. The number of likely N-dealkylation sites (tertiary alicyclic amines) is 1. The molecular weight excluding hydrogens is 1450 g/mol. The van der Waals surface area contributed by atoms with Crippen LogP contribution in [0.2, 0.25) is 0 Å². The molecule has 0 unspecified atom stereocenters. The van der Waals surface area contributed by atoms with Gasteiger partial charge in [0.2, 0.25) is 76.8 Å². The molecule has 1 heterocycles. The molecule has 0 bridgehead atoms. The molecule has 1 fully saturated rings. The third-order valence-corrected chi connectivity index (χ3v) is 16.8. The van der Waals surface area contributed by atoms with Crippen molar-refractivity contribution in [2.45, 2.75) is 227 Å². The van der Waals surface area contributed by atoms with Crippen molar-refractivity contribution < 1.29 is 77.3 Å². The minimum Gasteiger partial charge on any atom is -0.480 e. The van der Waals surface area contributed by atoms with E-state index in [4.69, 9.17) is 86.0 Å². The number of carboxylic acids is 1. The normalized spacial score (nSPS) is 15.5. The van der Waals surface area contributed by atoms with E-state index in [2.05, 4.69) is 78.1 Å². The standard InChI is InChI=1S/C63H119N31O16/c1-32(84-48(99)36(15-7-25-79-59(69)70)88-55(106)41(21-22-44(66)96)92-56(107)43-20-12-30-94(43)57(108)46(68)33(2)95)47(98)85-37(16-8-26-80-60(71)72)51(102)89-39(18-10-28-82-62(75)76)53(104)90-38(17-9-27-81-61(73)74)52(103)87-34(13-3-5-23-64)49(100)86-35(14-4-6-24-65)50(101)91-40(19-11-29-83-63(77)78)54(105)93-42(58(109)110)31-45(67)97/h32-43,46,95H,3-31,64-65,68H2,1-2H3,(H2,66,96)(H2,67,97)(H,84,99)(H,85,98)(H,86,100)(H,87,103)(H,88,106)(H,89,102)(H,90,104)(H,91,101)(H,92,107)(H,93,105)(H,109,110)(H4,69,70,79)(H4,71,72,80)(H4,73,74,81)(H4,75,76,82)(H4,77,78,83)/t32-,33+,34-,35-,36-,37-,38-,39-,40-,41-,42-,43-,46-/m0/s1. The van der Waals surface area contributed by atoms with Gasteiger partial charge in [-0.05, 0) is 149 Å². The van der Waals surface area contributed by atoms with Crippen molar-refractivity contribution >= 4 is 113 Å². The summed E-state index contributed by atoms with van der Waals surface area (Å²) < 4.78 is 0. The highest BCUT2D eigenvalue weighted by Crippen LogP contribution is 2.20. The number of guanidine groups is 5. The van der Waals surface area contributed by atoms with Crippen molar-refractivity contribution in [1.29, 1.82) is 0 Å². The molecule has 0 radical (unpaired) electrons. The first-order valence-electron chi connectivity index (χ1n) is 36.1. The van der Waals surface area contributed by atoms with Gasteiger partial charge in [0.05, 0.1) is 12.5 Å². The zero-order valence-electron chi connectivity index (χ0n) is 62.5. The fraction of sp³-hybridized carbons (Fsp3) is 0.698. The number of nitrogens with two attached hydrogens (primary N) is 15. The number of hydrogen-bond donors (Lipinski definition) is 27. The Morgan fingerprint density at radius 2 is 0.664 bits per heavy atom. The molecule has 1 rings (SSSR count). The summed E-state index contributed by atoms with van der Waals surface area (Å²) in [6.45, 7) is 2.57. The van der Waals surface area contributed by atoms with Crippen molar-refractivity contribution in [2.75, 3.05) is 52.4 Å². The number of rotatable bonds is 56. The molecule has 1 aliphatic heterocycles. The fourth-order valence-electron chi connectivity index (χ4n) is 10.9. The topological polar surface area (TPSA) is 855 Å². The number of nitrogens with zero attached hydrogens (tertiary/aromatic N) is 6. The van der Waals surface area contributed by atoms with Crippen LogP contribution < -0.4 is 139 Å². The molecule has 47 nitrogen and oxygen atoms in total. The monoisotopic (exact) mass is 1570 g/mol. The Kier molecular flexibility index (Phi) is 46.4. The van der Waals surface area contributed by atoms with Crippen molar-refractivity contribution in [3.05, 3.63) is 0 Å². The van der Waals surface area contributed by atoms with E-state index in [0.717, 1.165) is 4.90 Å². The molecule has 0 aromatic rings. The van der Waals surface area contributed by atoms with Crippen LogP contribution in [-0.2, 0) is 67.1 Å². The van der Waals surface area contributed by atoms with Crippen molar-refractivity contribution in [3.8, 4) is 0 Å². The summed E-state index contributed by atoms with van der Waals surface area (Å²) in [7, 11) is 0. The molecule has 0 aromatic carbocycles. The van der Waals surface area contributed by atoms with E-state index in [1.165, 1.54) is 13.8 Å². The van der Waals surface area contributed by atoms with Gasteiger partial charge in [-0.2, -0.15) is 0 Å². The Bertz CT molecular complexity index is 3190. The van der Waals surface area contributed by atoms with Crippen LogP contribution in [0, 0.1) is 0 Å². The summed E-state index contributed by atoms with van der Waals surface area (Å²) in [4.78, 5) is 213. The maximum Gasteiger partial charge on any atom is 0.326 e. The Morgan fingerprint density at radius 1 is 0.382 bits per heavy atom. The van der Waals surface area contributed by atoms with Crippen LogP contribution in [0.3, 0.4) is 0 Å². The van der Waals surface area contributed by atoms with E-state index in [-0.39, 0.29) is 185 Å². The summed E-state index contributed by atoms with van der Waals surface area (Å²) in [5.74, 6) is -15.5. The smallest absolute Gasteiger partial charge is 0.326 e. The second-order valence-corrected chi connectivity index (χ2v) is 26.1. The fourth-order valence-corrected chi connectivity index (χ4v) is 10.9. The van der Waals surface area contributed by atoms with Gasteiger partial charge in [-0.3, -0.25) is 87.3 Å². The first-order chi connectivity index (χ1) is 51.8. The Hall–Kier alpha value is -11.2. The Labute approximate surface area is 636 Å². The molecule has 0 aliphatic carbocycles. The number of aliphatic hydroxyl groups is 1. The van der Waals surface area contributed by atoms with Gasteiger partial charge in [-0.1, -0.05) is 0 Å². The average Bonchev–Trinajstić information content (AvgIpc) is 1.64. The quantitative estimate of drug-likeness (QED) is 0.0153. The van der Waals surface area contributed by atoms with Gasteiger partial charge in [0.15, 0.2) is 29.8 Å². The predicted molar refractivity (Wildman–Crippen MR) is 405 cm³/mol. The zero-order valence-corrected chi connectivity index (χ0v) is 62.5. The first kappa shape index (κ1) is 96.8. The number of nitrogens with one attached hydrogen (secondary N) is 10. The van der Waals surface area contributed by atoms with Gasteiger partial charge >= 0.3 is 5.97 Å². The molecule has 13 atom stereocenters. The number of unbranched alkanes of at least 4 members (excludes halogenated alkanes) is 2. The lowest BCUT2D eigenvalue weighted by atomic mass is 10.0. The second-order valence-electron chi connectivity index (χ2n) is 26.1. The molecule has 110 heavy (non-hydrogen) atoms. The van der Waals surface area contributed by atoms with Crippen molar-refractivity contribution in [3.63, 3.8) is 0 Å². The largest absolute Gasteiger partial charge is 0.480 e. The van der Waals surface area contributed by atoms with Crippen LogP contribution in [0.15, 0.2) is 25.0 Å². The number of carbonyl (C=O) groups excluding carboxylic acids is 13. The lowest BCUT2D eigenvalue weighted by molar-refractivity contribution is -0.144. The minimum absolute atomic E-state index is 0.00477. The number of aliphatic carboxylic acids is 1. The number of carboxylic acid groups (broad SMARTS) is 1. The van der Waals surface area contributed by atoms with Crippen LogP contribution in [0.4, 0.5) is 0 Å². The van der Waals surface area contributed by atoms with E-state index < -0.39 is 174 Å². The number of primary amides is 2. The molecule has 1 aliphatic rings. The van der Waals surface area contributed by atoms with Gasteiger partial charge in [-0.15, -0.1) is 0 Å². The van der Waals surface area contributed by atoms with Gasteiger partial charge in [-0.25, -0.2) is 4.79 Å². The van der Waals surface area contributed by atoms with Crippen LogP contribution in [0.5, 0.6) is 0 Å². The SMILES string of the molecule is C[C@H](NC(=O)[C@H](CCCN=C(N)N)NC(=O)[C@H](CCC(N)=O)NC(=O)[C@@H]1CCCN1C(=O)[C@@H](N)[C@@H](C)O)C(=O)N[C@@H](CCCN=C(N)N)C(=O)N[C@@H](CCCN=C(N)N)C(=O)N[C@@H](CCCN=C(N)N)C(=O)N[C@@H](CCCCN)C(=O)N[C@@H](CCCCN)C(=O)N[C@@H](CCCN=C(N)N)C(=O)N[C@@H](CC(N)=O)C(=O)O. The number of aliphatic imine (C=N–C) groups is 5. The van der Waals surface area contributed by atoms with Gasteiger partial charge < -0.3 is 154 Å². The van der Waals surface area contributed by atoms with Crippen LogP contribution in [0.25, 0.3) is 0 Å². The summed E-state index contributed by atoms with van der Waals surface area (Å²) in [5, 5.41) is 45.1.